The minimum Gasteiger partial charge on any atom is -0.488 e. The molecule has 6 aromatic rings. The normalized spacial score (nSPS) is 11.9. The molecule has 0 aliphatic rings. The van der Waals surface area contributed by atoms with Crippen molar-refractivity contribution in [2.75, 3.05) is 0 Å². The molecule has 0 N–H and O–H groups in total. The quantitative estimate of drug-likeness (QED) is 0.152. The molecule has 0 unspecified atom stereocenters. The van der Waals surface area contributed by atoms with E-state index in [0.29, 0.717) is 22.4 Å². The highest BCUT2D eigenvalue weighted by atomic mass is 19.4. The van der Waals surface area contributed by atoms with Crippen molar-refractivity contribution in [1.29, 1.82) is 0 Å². The molecule has 0 atom stereocenters. The van der Waals surface area contributed by atoms with Gasteiger partial charge in [-0.05, 0) is 58.8 Å². The Labute approximate surface area is 237 Å². The van der Waals surface area contributed by atoms with Gasteiger partial charge in [-0.3, -0.25) is 4.79 Å². The average Bonchev–Trinajstić information content (AvgIpc) is 2.99. The topological polar surface area (TPSA) is 56.5 Å². The summed E-state index contributed by atoms with van der Waals surface area (Å²) in [5.74, 6) is -0.0191. The highest BCUT2D eigenvalue weighted by molar-refractivity contribution is 6.02. The number of hydrogen-bond donors (Lipinski definition) is 0. The summed E-state index contributed by atoms with van der Waals surface area (Å²) in [5, 5.41) is 6.36. The van der Waals surface area contributed by atoms with Crippen LogP contribution in [0.5, 0.6) is 5.75 Å². The molecule has 0 saturated carbocycles. The van der Waals surface area contributed by atoms with Crippen LogP contribution in [-0.4, -0.2) is 15.9 Å². The van der Waals surface area contributed by atoms with Gasteiger partial charge in [-0.25, -0.2) is 9.37 Å². The molecule has 1 heterocycles. The van der Waals surface area contributed by atoms with E-state index in [1.165, 1.54) is 30.5 Å². The van der Waals surface area contributed by atoms with Crippen molar-refractivity contribution in [3.8, 4) is 17.1 Å². The minimum atomic E-state index is -4.59. The first-order valence-electron chi connectivity index (χ1n) is 12.9. The Hall–Kier alpha value is -5.31. The first-order chi connectivity index (χ1) is 20.3. The largest absolute Gasteiger partial charge is 0.488 e. The van der Waals surface area contributed by atoms with Gasteiger partial charge in [0.25, 0.3) is 5.56 Å². The molecule has 0 aliphatic carbocycles. The van der Waals surface area contributed by atoms with Crippen molar-refractivity contribution in [1.82, 2.24) is 9.66 Å². The Morgan fingerprint density at radius 3 is 2.40 bits per heavy atom. The van der Waals surface area contributed by atoms with E-state index in [9.17, 15) is 22.4 Å². The standard InChI is InChI=1S/C33H21F4N3O2/c34-25-11-5-7-21(17-25)20-42-30-16-15-22-8-1-2-12-26(22)28(30)19-38-40-31(23-9-6-10-24(18-23)33(35,36)37)39-29-14-4-3-13-27(29)32(40)41/h1-19H,20H2. The van der Waals surface area contributed by atoms with Crippen molar-refractivity contribution in [2.45, 2.75) is 12.8 Å². The van der Waals surface area contributed by atoms with Crippen LogP contribution in [0.15, 0.2) is 119 Å². The van der Waals surface area contributed by atoms with Crippen LogP contribution in [-0.2, 0) is 12.8 Å². The Morgan fingerprint density at radius 2 is 1.60 bits per heavy atom. The molecule has 42 heavy (non-hydrogen) atoms. The molecule has 9 heteroatoms. The maximum Gasteiger partial charge on any atom is 0.416 e. The summed E-state index contributed by atoms with van der Waals surface area (Å²) >= 11 is 0. The van der Waals surface area contributed by atoms with Crippen LogP contribution in [0, 0.1) is 5.82 Å². The molecule has 0 radical (unpaired) electrons. The maximum absolute atomic E-state index is 13.7. The number of rotatable bonds is 6. The van der Waals surface area contributed by atoms with Crippen LogP contribution in [0.25, 0.3) is 33.1 Å². The van der Waals surface area contributed by atoms with Crippen LogP contribution in [0.3, 0.4) is 0 Å². The van der Waals surface area contributed by atoms with E-state index in [-0.39, 0.29) is 29.2 Å². The Balaban J connectivity index is 1.51. The lowest BCUT2D eigenvalue weighted by molar-refractivity contribution is -0.137. The first kappa shape index (κ1) is 26.9. The zero-order chi connectivity index (χ0) is 29.3. The van der Waals surface area contributed by atoms with Gasteiger partial charge in [0.15, 0.2) is 5.82 Å². The summed E-state index contributed by atoms with van der Waals surface area (Å²) in [7, 11) is 0. The molecule has 5 aromatic carbocycles. The van der Waals surface area contributed by atoms with Gasteiger partial charge in [0.1, 0.15) is 18.2 Å². The van der Waals surface area contributed by atoms with E-state index in [1.54, 1.807) is 42.5 Å². The first-order valence-corrected chi connectivity index (χ1v) is 12.9. The summed E-state index contributed by atoms with van der Waals surface area (Å²) in [6.45, 7) is 0.0733. The number of para-hydroxylation sites is 1. The Kier molecular flexibility index (Phi) is 7.00. The van der Waals surface area contributed by atoms with Crippen LogP contribution in [0.2, 0.25) is 0 Å². The van der Waals surface area contributed by atoms with E-state index in [1.807, 2.05) is 30.3 Å². The fourth-order valence-corrected chi connectivity index (χ4v) is 4.69. The lowest BCUT2D eigenvalue weighted by atomic mass is 10.0. The molecule has 0 aliphatic heterocycles. The number of hydrogen-bond acceptors (Lipinski definition) is 4. The minimum absolute atomic E-state index is 0.0523. The van der Waals surface area contributed by atoms with E-state index in [0.717, 1.165) is 27.6 Å². The molecule has 0 bridgehead atoms. The molecule has 0 saturated heterocycles. The van der Waals surface area contributed by atoms with E-state index >= 15 is 0 Å². The van der Waals surface area contributed by atoms with Gasteiger partial charge in [-0.2, -0.15) is 22.9 Å². The molecule has 5 nitrogen and oxygen atoms in total. The Morgan fingerprint density at radius 1 is 0.833 bits per heavy atom. The van der Waals surface area contributed by atoms with Gasteiger partial charge in [-0.1, -0.05) is 66.7 Å². The molecule has 0 spiro atoms. The van der Waals surface area contributed by atoms with Crippen molar-refractivity contribution < 1.29 is 22.3 Å². The highest BCUT2D eigenvalue weighted by Gasteiger charge is 2.31. The second kappa shape index (κ2) is 10.9. The number of aromatic nitrogens is 2. The van der Waals surface area contributed by atoms with Gasteiger partial charge in [-0.15, -0.1) is 0 Å². The summed E-state index contributed by atoms with van der Waals surface area (Å²) in [6, 6.07) is 28.3. The number of fused-ring (bicyclic) bond motifs is 2. The maximum atomic E-state index is 13.7. The van der Waals surface area contributed by atoms with Crippen molar-refractivity contribution in [3.63, 3.8) is 0 Å². The van der Waals surface area contributed by atoms with Crippen molar-refractivity contribution in [2.24, 2.45) is 5.10 Å². The van der Waals surface area contributed by atoms with Gasteiger partial charge in [0, 0.05) is 11.1 Å². The number of alkyl halides is 3. The summed E-state index contributed by atoms with van der Waals surface area (Å²) < 4.78 is 61.4. The summed E-state index contributed by atoms with van der Waals surface area (Å²) in [5.41, 5.74) is 0.120. The predicted octanol–water partition coefficient (Wildman–Crippen LogP) is 7.84. The van der Waals surface area contributed by atoms with Gasteiger partial charge in [0.2, 0.25) is 0 Å². The second-order valence-electron chi connectivity index (χ2n) is 9.51. The SMILES string of the molecule is O=c1c2ccccc2nc(-c2cccc(C(F)(F)F)c2)n1N=Cc1c(OCc2cccc(F)c2)ccc2ccccc12. The van der Waals surface area contributed by atoms with Gasteiger partial charge < -0.3 is 4.74 Å². The van der Waals surface area contributed by atoms with Crippen LogP contribution >= 0.6 is 0 Å². The van der Waals surface area contributed by atoms with E-state index < -0.39 is 17.3 Å². The summed E-state index contributed by atoms with van der Waals surface area (Å²) in [6.07, 6.45) is -3.16. The molecule has 0 amide bonds. The van der Waals surface area contributed by atoms with Crippen LogP contribution in [0.4, 0.5) is 17.6 Å². The molecule has 1 aromatic heterocycles. The fraction of sp³-hybridized carbons (Fsp3) is 0.0606. The lowest BCUT2D eigenvalue weighted by Crippen LogP contribution is -2.20. The van der Waals surface area contributed by atoms with Crippen molar-refractivity contribution >= 4 is 27.9 Å². The number of halogens is 4. The molecular formula is C33H21F4N3O2. The average molecular weight is 568 g/mol. The third-order valence-electron chi connectivity index (χ3n) is 6.72. The van der Waals surface area contributed by atoms with E-state index in [4.69, 9.17) is 4.74 Å². The number of benzene rings is 5. The number of ether oxygens (including phenoxy) is 1. The third-order valence-corrected chi connectivity index (χ3v) is 6.72. The van der Waals surface area contributed by atoms with Crippen LogP contribution < -0.4 is 10.3 Å². The fourth-order valence-electron chi connectivity index (χ4n) is 4.69. The van der Waals surface area contributed by atoms with E-state index in [2.05, 4.69) is 10.1 Å². The predicted molar refractivity (Wildman–Crippen MR) is 154 cm³/mol. The highest BCUT2D eigenvalue weighted by Crippen LogP contribution is 2.32. The second-order valence-corrected chi connectivity index (χ2v) is 9.51. The zero-order valence-corrected chi connectivity index (χ0v) is 21.8. The smallest absolute Gasteiger partial charge is 0.416 e. The summed E-state index contributed by atoms with van der Waals surface area (Å²) in [4.78, 5) is 18.2. The van der Waals surface area contributed by atoms with Gasteiger partial charge >= 0.3 is 6.18 Å². The van der Waals surface area contributed by atoms with Gasteiger partial charge in [0.05, 0.1) is 22.7 Å². The monoisotopic (exact) mass is 567 g/mol. The van der Waals surface area contributed by atoms with Crippen molar-refractivity contribution in [3.05, 3.63) is 142 Å². The Bertz CT molecular complexity index is 2030. The van der Waals surface area contributed by atoms with Crippen LogP contribution in [0.1, 0.15) is 16.7 Å². The molecule has 208 valence electrons. The molecule has 6 rings (SSSR count). The lowest BCUT2D eigenvalue weighted by Gasteiger charge is -2.14. The zero-order valence-electron chi connectivity index (χ0n) is 21.8. The molecular weight excluding hydrogens is 546 g/mol. The molecule has 0 fully saturated rings. The number of nitrogens with zero attached hydrogens (tertiary/aromatic N) is 3. The third kappa shape index (κ3) is 5.36.